The van der Waals surface area contributed by atoms with Gasteiger partial charge in [-0.3, -0.25) is 5.26 Å². The van der Waals surface area contributed by atoms with Crippen molar-refractivity contribution < 1.29 is 53.0 Å². The van der Waals surface area contributed by atoms with Crippen molar-refractivity contribution in [3.05, 3.63) is 0 Å². The molecule has 0 amide bonds. The van der Waals surface area contributed by atoms with Crippen molar-refractivity contribution in [1.82, 2.24) is 0 Å². The van der Waals surface area contributed by atoms with Crippen molar-refractivity contribution in [2.24, 2.45) is 0 Å². The molecule has 0 spiro atoms. The molecule has 1 atom stereocenters. The largest absolute Gasteiger partial charge is 1.00 e. The number of unbranched alkanes of at least 4 members (excludes halogenated alkanes) is 1. The predicted molar refractivity (Wildman–Crippen MR) is 35.0 cm³/mol. The maximum atomic E-state index is 8.56. The Morgan fingerprint density at radius 3 is 2.09 bits per heavy atom. The quantitative estimate of drug-likeness (QED) is 0.172. The molecular weight excluding hydrogens is 183 g/mol. The van der Waals surface area contributed by atoms with Gasteiger partial charge in [0.05, 0.1) is 18.0 Å². The minimum Gasteiger partial charge on any atom is -0.750 e. The maximum Gasteiger partial charge on any atom is 1.00 e. The standard InChI is InChI=1S/C4H10O2.Na.H2O3S/c1-2-3-4-6-5;;1-4(2)3/h5H,2-4H2,1H3;;(H2,1,2,3)/q;+1;/p-1. The van der Waals surface area contributed by atoms with Gasteiger partial charge in [0, 0.05) is 0 Å². The summed E-state index contributed by atoms with van der Waals surface area (Å²) in [6, 6.07) is 0. The topological polar surface area (TPSA) is 89.8 Å². The van der Waals surface area contributed by atoms with Crippen LogP contribution in [0.2, 0.25) is 0 Å². The van der Waals surface area contributed by atoms with Gasteiger partial charge in [-0.2, -0.15) is 0 Å². The first-order chi connectivity index (χ1) is 4.65. The van der Waals surface area contributed by atoms with E-state index in [1.807, 2.05) is 6.92 Å². The van der Waals surface area contributed by atoms with Gasteiger partial charge in [0.15, 0.2) is 0 Å². The Morgan fingerprint density at radius 1 is 1.64 bits per heavy atom. The summed E-state index contributed by atoms with van der Waals surface area (Å²) in [7, 11) is 0. The first kappa shape index (κ1) is 17.9. The van der Waals surface area contributed by atoms with Crippen LogP contribution in [-0.4, -0.2) is 25.2 Å². The van der Waals surface area contributed by atoms with Crippen LogP contribution in [0, 0.1) is 0 Å². The molecule has 7 heteroatoms. The van der Waals surface area contributed by atoms with E-state index in [2.05, 4.69) is 4.89 Å². The van der Waals surface area contributed by atoms with E-state index >= 15 is 0 Å². The zero-order valence-corrected chi connectivity index (χ0v) is 9.47. The minimum atomic E-state index is -2.86. The van der Waals surface area contributed by atoms with E-state index in [-0.39, 0.29) is 29.6 Å². The van der Waals surface area contributed by atoms with Gasteiger partial charge < -0.3 is 9.11 Å². The summed E-state index contributed by atoms with van der Waals surface area (Å²) in [4.78, 5) is 3.78. The number of hydrogen-bond donors (Lipinski definition) is 2. The van der Waals surface area contributed by atoms with Crippen LogP contribution in [0.1, 0.15) is 19.8 Å². The van der Waals surface area contributed by atoms with Crippen molar-refractivity contribution in [1.29, 1.82) is 0 Å². The molecule has 0 aromatic heterocycles. The van der Waals surface area contributed by atoms with E-state index in [0.29, 0.717) is 6.61 Å². The Morgan fingerprint density at radius 2 is 2.00 bits per heavy atom. The van der Waals surface area contributed by atoms with E-state index < -0.39 is 11.4 Å². The second kappa shape index (κ2) is 17.2. The summed E-state index contributed by atoms with van der Waals surface area (Å²) in [5.41, 5.74) is 0. The predicted octanol–water partition coefficient (Wildman–Crippen LogP) is -2.38. The van der Waals surface area contributed by atoms with Gasteiger partial charge in [0.1, 0.15) is 0 Å². The zero-order valence-electron chi connectivity index (χ0n) is 6.65. The second-order valence-corrected chi connectivity index (χ2v) is 1.84. The smallest absolute Gasteiger partial charge is 0.750 e. The van der Waals surface area contributed by atoms with Crippen LogP contribution >= 0.6 is 0 Å². The molecule has 0 aromatic rings. The van der Waals surface area contributed by atoms with Crippen molar-refractivity contribution >= 4 is 11.4 Å². The van der Waals surface area contributed by atoms with Crippen LogP contribution in [0.3, 0.4) is 0 Å². The van der Waals surface area contributed by atoms with Gasteiger partial charge in [-0.05, 0) is 6.42 Å². The molecule has 0 aliphatic rings. The second-order valence-electron chi connectivity index (χ2n) is 1.40. The molecule has 1 unspecified atom stereocenters. The summed E-state index contributed by atoms with van der Waals surface area (Å²) >= 11 is -2.86. The molecule has 0 bridgehead atoms. The van der Waals surface area contributed by atoms with Crippen molar-refractivity contribution in [2.45, 2.75) is 19.8 Å². The number of rotatable bonds is 3. The maximum absolute atomic E-state index is 8.56. The minimum absolute atomic E-state index is 0. The molecule has 0 fully saturated rings. The van der Waals surface area contributed by atoms with Crippen LogP contribution < -0.4 is 29.6 Å². The molecule has 0 radical (unpaired) electrons. The molecule has 0 aromatic carbocycles. The fraction of sp³-hybridized carbons (Fsp3) is 1.00. The molecule has 5 nitrogen and oxygen atoms in total. The number of hydrogen-bond acceptors (Lipinski definition) is 4. The van der Waals surface area contributed by atoms with Gasteiger partial charge in [0.25, 0.3) is 0 Å². The molecular formula is C4H11NaO5S. The first-order valence-corrected chi connectivity index (χ1v) is 3.73. The molecule has 0 saturated carbocycles. The summed E-state index contributed by atoms with van der Waals surface area (Å²) in [6.07, 6.45) is 2.01. The monoisotopic (exact) mass is 194 g/mol. The zero-order chi connectivity index (χ0) is 8.41. The SMILES string of the molecule is CCCCOO.O=S([O-])O.[Na+]. The molecule has 64 valence electrons. The summed E-state index contributed by atoms with van der Waals surface area (Å²) in [5, 5.41) is 7.70. The fourth-order valence-corrected chi connectivity index (χ4v) is 0.209. The Hall–Kier alpha value is 0.990. The summed E-state index contributed by atoms with van der Waals surface area (Å²) in [6.45, 7) is 2.51. The van der Waals surface area contributed by atoms with Crippen molar-refractivity contribution in [3.8, 4) is 0 Å². The summed E-state index contributed by atoms with van der Waals surface area (Å²) < 4.78 is 24.1. The Kier molecular flexibility index (Phi) is 28.0. The van der Waals surface area contributed by atoms with Gasteiger partial charge in [-0.15, -0.1) is 0 Å². The Labute approximate surface area is 90.5 Å². The molecule has 2 N–H and O–H groups in total. The van der Waals surface area contributed by atoms with E-state index in [1.165, 1.54) is 0 Å². The van der Waals surface area contributed by atoms with Crippen LogP contribution in [0.25, 0.3) is 0 Å². The fourth-order valence-electron chi connectivity index (χ4n) is 0.209. The van der Waals surface area contributed by atoms with E-state index in [9.17, 15) is 0 Å². The van der Waals surface area contributed by atoms with Crippen LogP contribution in [0.4, 0.5) is 0 Å². The summed E-state index contributed by atoms with van der Waals surface area (Å²) in [5.74, 6) is 0. The Bertz CT molecular complexity index is 72.9. The molecule has 0 aliphatic carbocycles. The van der Waals surface area contributed by atoms with Crippen LogP contribution in [0.5, 0.6) is 0 Å². The van der Waals surface area contributed by atoms with Gasteiger partial charge in [-0.25, -0.2) is 9.10 Å². The van der Waals surface area contributed by atoms with Gasteiger partial charge in [-0.1, -0.05) is 13.3 Å². The van der Waals surface area contributed by atoms with E-state index in [4.69, 9.17) is 18.6 Å². The molecule has 0 saturated heterocycles. The van der Waals surface area contributed by atoms with Crippen LogP contribution in [0.15, 0.2) is 0 Å². The average molecular weight is 194 g/mol. The molecule has 11 heavy (non-hydrogen) atoms. The third-order valence-electron chi connectivity index (χ3n) is 0.589. The van der Waals surface area contributed by atoms with Gasteiger partial charge >= 0.3 is 29.6 Å². The normalized spacial score (nSPS) is 10.5. The average Bonchev–Trinajstić information content (AvgIpc) is 1.82. The van der Waals surface area contributed by atoms with Crippen molar-refractivity contribution in [2.75, 3.05) is 6.61 Å². The molecule has 0 rings (SSSR count). The third kappa shape index (κ3) is 55.8. The first-order valence-electron chi connectivity index (χ1n) is 2.69. The van der Waals surface area contributed by atoms with E-state index in [1.54, 1.807) is 0 Å². The van der Waals surface area contributed by atoms with Crippen LogP contribution in [-0.2, 0) is 16.2 Å². The van der Waals surface area contributed by atoms with E-state index in [0.717, 1.165) is 12.8 Å². The molecule has 0 aliphatic heterocycles. The molecule has 0 heterocycles. The third-order valence-corrected chi connectivity index (χ3v) is 0.589. The Balaban J connectivity index is -0.000000114. The van der Waals surface area contributed by atoms with Gasteiger partial charge in [0.2, 0.25) is 0 Å². The van der Waals surface area contributed by atoms with Crippen molar-refractivity contribution in [3.63, 3.8) is 0 Å².